The summed E-state index contributed by atoms with van der Waals surface area (Å²) in [4.78, 5) is 8.66. The van der Waals surface area contributed by atoms with E-state index < -0.39 is 37.1 Å². The van der Waals surface area contributed by atoms with Crippen molar-refractivity contribution in [2.75, 3.05) is 31.4 Å². The van der Waals surface area contributed by atoms with Gasteiger partial charge in [-0.3, -0.25) is 4.57 Å². The van der Waals surface area contributed by atoms with Gasteiger partial charge in [0.15, 0.2) is 6.23 Å². The number of fused-ring (bicyclic) bond motifs is 3. The molecule has 4 heterocycles. The summed E-state index contributed by atoms with van der Waals surface area (Å²) >= 11 is 0. The molecule has 0 aliphatic carbocycles. The molecule has 2 bridgehead atoms. The van der Waals surface area contributed by atoms with Crippen molar-refractivity contribution in [1.29, 1.82) is 0 Å². The number of amidine groups is 1. The van der Waals surface area contributed by atoms with Crippen LogP contribution in [0, 0.1) is 0 Å². The molecule has 3 aliphatic rings. The van der Waals surface area contributed by atoms with Crippen LogP contribution in [-0.4, -0.2) is 70.7 Å². The molecule has 0 spiro atoms. The Labute approximate surface area is 147 Å². The van der Waals surface area contributed by atoms with Crippen molar-refractivity contribution in [1.82, 2.24) is 9.55 Å². The SMILES string of the molecule is C=P(C)(C)CC[C@@]12CO[C@@H]([C@H](n3cnc4c3NC(C)=NC4N)O1)[C@@H]2O. The second kappa shape index (κ2) is 5.66. The predicted molar refractivity (Wildman–Crippen MR) is 99.9 cm³/mol. The topological polar surface area (TPSA) is 107 Å². The fourth-order valence-corrected chi connectivity index (χ4v) is 4.72. The maximum absolute atomic E-state index is 10.8. The van der Waals surface area contributed by atoms with Gasteiger partial charge in [-0.25, -0.2) is 9.98 Å². The molecule has 9 heteroatoms. The second-order valence-corrected chi connectivity index (χ2v) is 12.2. The molecule has 2 saturated heterocycles. The number of aromatic nitrogens is 2. The Morgan fingerprint density at radius 3 is 3.04 bits per heavy atom. The molecule has 25 heavy (non-hydrogen) atoms. The molecule has 4 rings (SSSR count). The third-order valence-electron chi connectivity index (χ3n) is 5.16. The Hall–Kier alpha value is -1.18. The average molecular weight is 367 g/mol. The van der Waals surface area contributed by atoms with Crippen LogP contribution in [-0.2, 0) is 9.47 Å². The average Bonchev–Trinajstić information content (AvgIpc) is 3.15. The smallest absolute Gasteiger partial charge is 0.166 e. The highest BCUT2D eigenvalue weighted by Crippen LogP contribution is 2.50. The van der Waals surface area contributed by atoms with E-state index in [4.69, 9.17) is 15.2 Å². The van der Waals surface area contributed by atoms with Crippen LogP contribution in [0.1, 0.15) is 31.4 Å². The van der Waals surface area contributed by atoms with Crippen LogP contribution < -0.4 is 11.1 Å². The maximum Gasteiger partial charge on any atom is 0.166 e. The Kier molecular flexibility index (Phi) is 3.90. The lowest BCUT2D eigenvalue weighted by Crippen LogP contribution is -2.41. The van der Waals surface area contributed by atoms with E-state index in [0.717, 1.165) is 24.2 Å². The summed E-state index contributed by atoms with van der Waals surface area (Å²) in [7, 11) is 0. The first-order valence-electron chi connectivity index (χ1n) is 8.49. The summed E-state index contributed by atoms with van der Waals surface area (Å²) in [6, 6.07) is 0. The van der Waals surface area contributed by atoms with E-state index in [2.05, 4.69) is 34.9 Å². The van der Waals surface area contributed by atoms with Crippen LogP contribution in [0.5, 0.6) is 0 Å². The van der Waals surface area contributed by atoms with Gasteiger partial charge in [-0.2, -0.15) is 0 Å². The highest BCUT2D eigenvalue weighted by atomic mass is 31.2. The minimum atomic E-state index is -1.21. The second-order valence-electron chi connectivity index (χ2n) is 7.87. The molecule has 0 aromatic carbocycles. The Bertz CT molecular complexity index is 772. The first-order valence-corrected chi connectivity index (χ1v) is 11.5. The number of aliphatic hydroxyl groups is 1. The van der Waals surface area contributed by atoms with Crippen LogP contribution in [0.4, 0.5) is 5.82 Å². The molecule has 5 atom stereocenters. The van der Waals surface area contributed by atoms with Crippen molar-refractivity contribution < 1.29 is 14.6 Å². The molecule has 2 fully saturated rings. The van der Waals surface area contributed by atoms with Gasteiger partial charge in [0, 0.05) is 0 Å². The highest BCUT2D eigenvalue weighted by molar-refractivity contribution is 7.72. The predicted octanol–water partition coefficient (Wildman–Crippen LogP) is 0.811. The summed E-state index contributed by atoms with van der Waals surface area (Å²) in [6.45, 7) is 5.44. The molecule has 8 nitrogen and oxygen atoms in total. The fourth-order valence-electron chi connectivity index (χ4n) is 3.74. The Balaban J connectivity index is 1.61. The molecule has 1 unspecified atom stereocenters. The number of ether oxygens (including phenoxy) is 2. The van der Waals surface area contributed by atoms with Crippen LogP contribution >= 0.6 is 6.89 Å². The summed E-state index contributed by atoms with van der Waals surface area (Å²) in [6.07, 6.45) is 5.63. The summed E-state index contributed by atoms with van der Waals surface area (Å²) in [5.41, 5.74) is 6.05. The third-order valence-corrected chi connectivity index (χ3v) is 6.59. The number of imidazole rings is 1. The number of hydrogen-bond donors (Lipinski definition) is 3. The van der Waals surface area contributed by atoms with E-state index in [1.165, 1.54) is 0 Å². The van der Waals surface area contributed by atoms with Gasteiger partial charge >= 0.3 is 0 Å². The minimum absolute atomic E-state index is 0.415. The van der Waals surface area contributed by atoms with Crippen molar-refractivity contribution >= 4 is 24.8 Å². The van der Waals surface area contributed by atoms with E-state index in [0.29, 0.717) is 12.3 Å². The standard InChI is InChI=1S/C16H26N5O3P/c1-9-19-13(17)10-14(20-9)21(8-18-10)15-11-12(22)16(24-15,7-23-11)5-6-25(2,3)4/h8,11-13,15,22H,2,5-7,17H2,1,3-4H3,(H,19,20)/t11-,12+,13?,15-,16+/m1/s1. The molecular weight excluding hydrogens is 341 g/mol. The zero-order valence-electron chi connectivity index (χ0n) is 14.8. The number of aliphatic hydroxyl groups excluding tert-OH is 1. The number of aliphatic imine (C=N–C) groups is 1. The molecule has 0 radical (unpaired) electrons. The Morgan fingerprint density at radius 1 is 1.56 bits per heavy atom. The van der Waals surface area contributed by atoms with Gasteiger partial charge in [0.25, 0.3) is 0 Å². The number of nitrogens with two attached hydrogens (primary N) is 1. The number of hydrogen-bond acceptors (Lipinski definition) is 7. The van der Waals surface area contributed by atoms with E-state index >= 15 is 0 Å². The first kappa shape index (κ1) is 17.2. The lowest BCUT2D eigenvalue weighted by Gasteiger charge is -2.33. The van der Waals surface area contributed by atoms with Gasteiger partial charge in [0.2, 0.25) is 0 Å². The van der Waals surface area contributed by atoms with Gasteiger partial charge in [-0.15, -0.1) is 13.2 Å². The van der Waals surface area contributed by atoms with E-state index in [-0.39, 0.29) is 0 Å². The van der Waals surface area contributed by atoms with Crippen molar-refractivity contribution in [3.63, 3.8) is 0 Å². The maximum atomic E-state index is 10.8. The lowest BCUT2D eigenvalue weighted by molar-refractivity contribution is -0.173. The lowest BCUT2D eigenvalue weighted by atomic mass is 9.96. The van der Waals surface area contributed by atoms with Gasteiger partial charge in [0.05, 0.1) is 12.9 Å². The quantitative estimate of drug-likeness (QED) is 0.680. The molecule has 3 aliphatic heterocycles. The minimum Gasteiger partial charge on any atom is -0.387 e. The van der Waals surface area contributed by atoms with Crippen molar-refractivity contribution in [2.45, 2.75) is 43.5 Å². The van der Waals surface area contributed by atoms with E-state index in [9.17, 15) is 5.11 Å². The Morgan fingerprint density at radius 2 is 2.32 bits per heavy atom. The number of rotatable bonds is 4. The van der Waals surface area contributed by atoms with Gasteiger partial charge in [0.1, 0.15) is 41.3 Å². The van der Waals surface area contributed by atoms with E-state index in [1.807, 2.05) is 11.5 Å². The third kappa shape index (κ3) is 2.76. The zero-order chi connectivity index (χ0) is 18.0. The highest BCUT2D eigenvalue weighted by Gasteiger charge is 2.61. The van der Waals surface area contributed by atoms with Crippen molar-refractivity contribution in [3.05, 3.63) is 12.0 Å². The van der Waals surface area contributed by atoms with Crippen LogP contribution in [0.15, 0.2) is 11.3 Å². The summed E-state index contributed by atoms with van der Waals surface area (Å²) < 4.78 is 14.1. The first-order chi connectivity index (χ1) is 11.7. The molecule has 138 valence electrons. The van der Waals surface area contributed by atoms with Gasteiger partial charge in [-0.05, 0) is 32.8 Å². The largest absolute Gasteiger partial charge is 0.387 e. The van der Waals surface area contributed by atoms with Crippen molar-refractivity contribution in [2.24, 2.45) is 10.7 Å². The molecule has 0 amide bonds. The molecule has 1 aromatic rings. The van der Waals surface area contributed by atoms with Gasteiger partial charge < -0.3 is 25.6 Å². The molecule has 0 saturated carbocycles. The normalized spacial score (nSPS) is 36.9. The number of nitrogens with one attached hydrogen (secondary N) is 1. The summed E-state index contributed by atoms with van der Waals surface area (Å²) in [5, 5.41) is 14.0. The van der Waals surface area contributed by atoms with Crippen molar-refractivity contribution in [3.8, 4) is 0 Å². The number of nitrogens with zero attached hydrogens (tertiary/aromatic N) is 3. The molecule has 4 N–H and O–H groups in total. The molecule has 1 aromatic heterocycles. The van der Waals surface area contributed by atoms with Crippen LogP contribution in [0.3, 0.4) is 0 Å². The monoisotopic (exact) mass is 367 g/mol. The molecular formula is C16H26N5O3P. The van der Waals surface area contributed by atoms with Gasteiger partial charge in [-0.1, -0.05) is 0 Å². The summed E-state index contributed by atoms with van der Waals surface area (Å²) in [5.74, 6) is 1.48. The zero-order valence-corrected chi connectivity index (χ0v) is 15.7. The fraction of sp³-hybridized carbons (Fsp3) is 0.688. The number of anilines is 1. The van der Waals surface area contributed by atoms with Crippen LogP contribution in [0.2, 0.25) is 0 Å². The van der Waals surface area contributed by atoms with Crippen LogP contribution in [0.25, 0.3) is 0 Å². The van der Waals surface area contributed by atoms with E-state index in [1.54, 1.807) is 6.33 Å².